The van der Waals surface area contributed by atoms with E-state index < -0.39 is 0 Å². The molecule has 0 N–H and O–H groups in total. The Morgan fingerprint density at radius 1 is 0.361 bits per heavy atom. The van der Waals surface area contributed by atoms with E-state index >= 15 is 0 Å². The van der Waals surface area contributed by atoms with Gasteiger partial charge in [0.15, 0.2) is 0 Å². The van der Waals surface area contributed by atoms with Crippen molar-refractivity contribution in [3.8, 4) is 33.6 Å². The number of rotatable bonds is 5. The van der Waals surface area contributed by atoms with E-state index in [1.807, 2.05) is 66.7 Å². The summed E-state index contributed by atoms with van der Waals surface area (Å²) in [5.41, 5.74) is 16.1. The Morgan fingerprint density at radius 2 is 0.903 bits per heavy atom. The molecule has 10 aromatic carbocycles. The van der Waals surface area contributed by atoms with Crippen LogP contribution in [0, 0.1) is 13.8 Å². The Hall–Kier alpha value is -8.08. The van der Waals surface area contributed by atoms with Gasteiger partial charge in [-0.25, -0.2) is 0 Å². The maximum Gasteiger partial charge on any atom is 0.136 e. The van der Waals surface area contributed by atoms with E-state index in [0.29, 0.717) is 5.92 Å². The third-order valence-corrected chi connectivity index (χ3v) is 13.5. The Bertz CT molecular complexity index is 3880. The molecule has 0 aliphatic rings. The van der Waals surface area contributed by atoms with Crippen molar-refractivity contribution in [3.63, 3.8) is 0 Å². The normalized spacial score (nSPS) is 11.0. The quantitative estimate of drug-likeness (QED) is 0.169. The van der Waals surface area contributed by atoms with Crippen LogP contribution in [0.25, 0.3) is 88.3 Å². The number of hydrogen-bond acceptors (Lipinski definition) is 1. The summed E-state index contributed by atoms with van der Waals surface area (Å²) < 4.78 is 11.0. The first-order valence-electron chi connectivity index (χ1n) is 24.4. The van der Waals surface area contributed by atoms with Gasteiger partial charge >= 0.3 is 0 Å². The molecule has 3 aromatic heterocycles. The highest BCUT2D eigenvalue weighted by Gasteiger charge is 2.15. The summed E-state index contributed by atoms with van der Waals surface area (Å²) in [6.45, 7) is 8.55. The van der Waals surface area contributed by atoms with Gasteiger partial charge in [-0.3, -0.25) is 0 Å². The molecule has 0 amide bonds. The van der Waals surface area contributed by atoms with E-state index in [1.54, 1.807) is 0 Å². The number of halogens is 2. The fraction of sp³-hybridized carbons (Fsp3) is 0.0746. The number of benzene rings is 10. The maximum absolute atomic E-state index is 6.34. The number of fused-ring (bicyclic) bond motifs is 7. The van der Waals surface area contributed by atoms with Gasteiger partial charge in [0.2, 0.25) is 0 Å². The van der Waals surface area contributed by atoms with Crippen molar-refractivity contribution < 1.29 is 4.42 Å². The van der Waals surface area contributed by atoms with Gasteiger partial charge in [0, 0.05) is 54.0 Å². The summed E-state index contributed by atoms with van der Waals surface area (Å²) in [6.07, 6.45) is 0. The van der Waals surface area contributed by atoms with Crippen molar-refractivity contribution >= 4 is 77.8 Å². The van der Waals surface area contributed by atoms with Gasteiger partial charge in [0.25, 0.3) is 0 Å². The molecule has 0 bridgehead atoms. The lowest BCUT2D eigenvalue weighted by molar-refractivity contribution is 0.669. The van der Waals surface area contributed by atoms with E-state index in [0.717, 1.165) is 59.9 Å². The molecular weight excluding hydrogens is 920 g/mol. The molecule has 0 aliphatic carbocycles. The summed E-state index contributed by atoms with van der Waals surface area (Å²) in [6, 6.07) is 86.2. The zero-order valence-corrected chi connectivity index (χ0v) is 42.3. The predicted molar refractivity (Wildman–Crippen MR) is 309 cm³/mol. The lowest BCUT2D eigenvalue weighted by atomic mass is 9.99. The van der Waals surface area contributed by atoms with Gasteiger partial charge in [-0.1, -0.05) is 189 Å². The molecular formula is C67H54Cl2N2O. The fourth-order valence-electron chi connectivity index (χ4n) is 9.49. The molecule has 0 radical (unpaired) electrons. The highest BCUT2D eigenvalue weighted by molar-refractivity contribution is 6.31. The summed E-state index contributed by atoms with van der Waals surface area (Å²) in [7, 11) is 0. The highest BCUT2D eigenvalue weighted by atomic mass is 35.5. The molecule has 0 fully saturated rings. The van der Waals surface area contributed by atoms with E-state index in [-0.39, 0.29) is 0 Å². The van der Waals surface area contributed by atoms with Crippen LogP contribution >= 0.6 is 23.2 Å². The Balaban J connectivity index is 0.000000150. The van der Waals surface area contributed by atoms with E-state index in [2.05, 4.69) is 219 Å². The lowest BCUT2D eigenvalue weighted by Crippen LogP contribution is -1.94. The van der Waals surface area contributed by atoms with Gasteiger partial charge < -0.3 is 13.6 Å². The number of aromatic nitrogens is 2. The van der Waals surface area contributed by atoms with Gasteiger partial charge in [0.1, 0.15) is 11.2 Å². The zero-order chi connectivity index (χ0) is 49.6. The van der Waals surface area contributed by atoms with Crippen molar-refractivity contribution in [3.05, 3.63) is 276 Å². The van der Waals surface area contributed by atoms with Crippen LogP contribution in [0.3, 0.4) is 0 Å². The van der Waals surface area contributed by atoms with Crippen LogP contribution in [-0.4, -0.2) is 9.13 Å². The van der Waals surface area contributed by atoms with Crippen molar-refractivity contribution in [2.24, 2.45) is 0 Å². The van der Waals surface area contributed by atoms with E-state index in [4.69, 9.17) is 27.6 Å². The first-order chi connectivity index (χ1) is 35.2. The molecule has 3 heterocycles. The predicted octanol–water partition coefficient (Wildman–Crippen LogP) is 20.1. The third kappa shape index (κ3) is 10.4. The Labute approximate surface area is 431 Å². The second-order valence-electron chi connectivity index (χ2n) is 18.3. The molecule has 0 saturated heterocycles. The Morgan fingerprint density at radius 3 is 1.57 bits per heavy atom. The maximum atomic E-state index is 6.34. The lowest BCUT2D eigenvalue weighted by Gasteiger charge is -2.09. The summed E-state index contributed by atoms with van der Waals surface area (Å²) in [5.74, 6) is 0.595. The number of nitrogens with zero attached hydrogens (tertiary/aromatic N) is 2. The van der Waals surface area contributed by atoms with E-state index in [1.165, 1.54) is 55.2 Å². The number of para-hydroxylation sites is 4. The third-order valence-electron chi connectivity index (χ3n) is 13.0. The standard InChI is InChI=1S/C37H24ClNO.C15H13N.C9H11Cl.C6H6/c1-23-17-27(19-28(38)18-23)26-12-15-32-33-20-24(13-16-36(33)40-37(32)22-26)25-11-14-31-30-9-5-6-10-34(30)39(35(31)21-25)29-7-3-2-4-8-29;1-12-11-13-7-5-6-10-15(13)16(12)14-8-3-2-4-9-14;1-7(2)8-3-5-9(10)6-4-8;1-2-4-6-5-3-1/h2-22H,1H3;2-11H,1H3;3-7H,1-2H3;1-6H. The van der Waals surface area contributed by atoms with E-state index in [9.17, 15) is 0 Å². The van der Waals surface area contributed by atoms with Crippen LogP contribution in [0.15, 0.2) is 253 Å². The molecule has 0 aliphatic heterocycles. The second kappa shape index (κ2) is 21.5. The van der Waals surface area contributed by atoms with Gasteiger partial charge in [0.05, 0.1) is 16.6 Å². The molecule has 0 spiro atoms. The molecule has 3 nitrogen and oxygen atoms in total. The van der Waals surface area contributed by atoms with Crippen LogP contribution in [0.1, 0.15) is 36.6 Å². The summed E-state index contributed by atoms with van der Waals surface area (Å²) >= 11 is 12.1. The molecule has 72 heavy (non-hydrogen) atoms. The first kappa shape index (κ1) is 47.6. The Kier molecular flexibility index (Phi) is 14.2. The fourth-order valence-corrected chi connectivity index (χ4v) is 9.91. The second-order valence-corrected chi connectivity index (χ2v) is 19.2. The largest absolute Gasteiger partial charge is 0.456 e. The number of furan rings is 1. The monoisotopic (exact) mass is 972 g/mol. The van der Waals surface area contributed by atoms with Crippen LogP contribution in [-0.2, 0) is 0 Å². The van der Waals surface area contributed by atoms with Crippen LogP contribution in [0.4, 0.5) is 0 Å². The van der Waals surface area contributed by atoms with Crippen LogP contribution in [0.5, 0.6) is 0 Å². The molecule has 13 aromatic rings. The van der Waals surface area contributed by atoms with Crippen LogP contribution in [0.2, 0.25) is 10.0 Å². The summed E-state index contributed by atoms with van der Waals surface area (Å²) in [4.78, 5) is 0. The highest BCUT2D eigenvalue weighted by Crippen LogP contribution is 2.38. The average Bonchev–Trinajstić information content (AvgIpc) is 4.07. The van der Waals surface area contributed by atoms with Crippen molar-refractivity contribution in [2.75, 3.05) is 0 Å². The topological polar surface area (TPSA) is 23.0 Å². The first-order valence-corrected chi connectivity index (χ1v) is 25.1. The smallest absolute Gasteiger partial charge is 0.136 e. The van der Waals surface area contributed by atoms with Crippen LogP contribution < -0.4 is 0 Å². The minimum Gasteiger partial charge on any atom is -0.456 e. The minimum atomic E-state index is 0.595. The SMILES string of the molecule is CC(C)c1ccc(Cl)cc1.Cc1cc(Cl)cc(-c2ccc3c(c2)oc2ccc(-c4ccc5c6ccccc6n(-c6ccccc6)c5c4)cc23)c1.Cc1cc2ccccc2n1-c1ccccc1.c1ccccc1. The average molecular weight is 974 g/mol. The molecule has 13 rings (SSSR count). The number of aryl methyl sites for hydroxylation is 2. The molecule has 0 saturated carbocycles. The number of hydrogen-bond donors (Lipinski definition) is 0. The van der Waals surface area contributed by atoms with Crippen molar-refractivity contribution in [2.45, 2.75) is 33.6 Å². The molecule has 352 valence electrons. The molecule has 0 atom stereocenters. The summed E-state index contributed by atoms with van der Waals surface area (Å²) in [5, 5.41) is 7.58. The van der Waals surface area contributed by atoms with Gasteiger partial charge in [-0.2, -0.15) is 0 Å². The minimum absolute atomic E-state index is 0.595. The zero-order valence-electron chi connectivity index (χ0n) is 40.8. The molecule has 5 heteroatoms. The van der Waals surface area contributed by atoms with Crippen molar-refractivity contribution in [1.29, 1.82) is 0 Å². The molecule has 0 unspecified atom stereocenters. The van der Waals surface area contributed by atoms with Crippen molar-refractivity contribution in [1.82, 2.24) is 9.13 Å². The van der Waals surface area contributed by atoms with Gasteiger partial charge in [-0.05, 0) is 150 Å². The van der Waals surface area contributed by atoms with Gasteiger partial charge in [-0.15, -0.1) is 0 Å².